The lowest BCUT2D eigenvalue weighted by Crippen LogP contribution is -2.09. The first kappa shape index (κ1) is 16.7. The van der Waals surface area contributed by atoms with E-state index >= 15 is 0 Å². The van der Waals surface area contributed by atoms with Gasteiger partial charge in [-0.15, -0.1) is 0 Å². The molecule has 24 heavy (non-hydrogen) atoms. The van der Waals surface area contributed by atoms with Crippen molar-refractivity contribution in [1.29, 1.82) is 0 Å². The smallest absolute Gasteiger partial charge is 0.166 e. The fraction of sp³-hybridized carbons (Fsp3) is 0.100. The van der Waals surface area contributed by atoms with Crippen LogP contribution in [0.1, 0.15) is 11.1 Å². The zero-order chi connectivity index (χ0) is 17.2. The van der Waals surface area contributed by atoms with Crippen LogP contribution >= 0.6 is 0 Å². The first-order valence-electron chi connectivity index (χ1n) is 7.48. The molecule has 0 heterocycles. The Morgan fingerprint density at radius 3 is 1.88 bits per heavy atom. The van der Waals surface area contributed by atoms with E-state index in [-0.39, 0.29) is 0 Å². The van der Waals surface area contributed by atoms with Crippen LogP contribution in [0.4, 0.5) is 13.2 Å². The van der Waals surface area contributed by atoms with E-state index in [2.05, 4.69) is 0 Å². The summed E-state index contributed by atoms with van der Waals surface area (Å²) >= 11 is 0. The van der Waals surface area contributed by atoms with E-state index in [9.17, 15) is 13.2 Å². The third-order valence-corrected chi connectivity index (χ3v) is 5.80. The van der Waals surface area contributed by atoms with Crippen LogP contribution in [-0.4, -0.2) is 0 Å². The van der Waals surface area contributed by atoms with Crippen LogP contribution in [0.25, 0.3) is 0 Å². The Kier molecular flexibility index (Phi) is 4.67. The Morgan fingerprint density at radius 2 is 1.25 bits per heavy atom. The third-order valence-electron chi connectivity index (χ3n) is 3.60. The molecule has 0 aliphatic heterocycles. The molecule has 0 bridgehead atoms. The van der Waals surface area contributed by atoms with Crippen molar-refractivity contribution in [2.75, 3.05) is 0 Å². The van der Waals surface area contributed by atoms with E-state index in [0.717, 1.165) is 21.4 Å². The molecule has 122 valence electrons. The van der Waals surface area contributed by atoms with Gasteiger partial charge < -0.3 is 0 Å². The molecule has 0 aromatic heterocycles. The predicted molar refractivity (Wildman–Crippen MR) is 91.2 cm³/mol. The van der Waals surface area contributed by atoms with E-state index < -0.39 is 22.6 Å². The second-order valence-electron chi connectivity index (χ2n) is 5.46. The van der Waals surface area contributed by atoms with Crippen molar-refractivity contribution in [3.8, 4) is 0 Å². The van der Waals surface area contributed by atoms with Crippen molar-refractivity contribution in [3.63, 3.8) is 0 Å². The molecule has 3 rings (SSSR count). The number of benzene rings is 3. The van der Waals surface area contributed by atoms with Crippen LogP contribution in [0, 0.1) is 6.92 Å². The van der Waals surface area contributed by atoms with E-state index in [1.165, 1.54) is 12.1 Å². The van der Waals surface area contributed by atoms with Gasteiger partial charge >= 0.3 is 6.18 Å². The monoisotopic (exact) mass is 345 g/mol. The minimum atomic E-state index is -4.34. The van der Waals surface area contributed by atoms with E-state index in [1.54, 1.807) is 6.07 Å². The Morgan fingerprint density at radius 1 is 0.667 bits per heavy atom. The maximum atomic E-state index is 13.1. The van der Waals surface area contributed by atoms with Gasteiger partial charge in [-0.05, 0) is 48.9 Å². The SMILES string of the molecule is Cc1cccc([S+](c2ccccc2)c2cccc(C(F)(F)F)c2)c1. The lowest BCUT2D eigenvalue weighted by Gasteiger charge is -2.11. The number of aryl methyl sites for hydroxylation is 1. The maximum Gasteiger partial charge on any atom is 0.416 e. The summed E-state index contributed by atoms with van der Waals surface area (Å²) in [5.41, 5.74) is 0.481. The van der Waals surface area contributed by atoms with Crippen molar-refractivity contribution in [1.82, 2.24) is 0 Å². The van der Waals surface area contributed by atoms with E-state index in [1.807, 2.05) is 61.5 Å². The lowest BCUT2D eigenvalue weighted by atomic mass is 10.2. The maximum absolute atomic E-state index is 13.1. The minimum absolute atomic E-state index is 0.570. The van der Waals surface area contributed by atoms with Gasteiger partial charge in [0, 0.05) is 6.07 Å². The molecule has 1 atom stereocenters. The average Bonchev–Trinajstić information content (AvgIpc) is 2.56. The highest BCUT2D eigenvalue weighted by Gasteiger charge is 2.34. The van der Waals surface area contributed by atoms with Crippen molar-refractivity contribution in [3.05, 3.63) is 90.0 Å². The number of hydrogen-bond acceptors (Lipinski definition) is 0. The molecule has 0 radical (unpaired) electrons. The molecule has 4 heteroatoms. The van der Waals surface area contributed by atoms with Gasteiger partial charge in [0.05, 0.1) is 16.5 Å². The van der Waals surface area contributed by atoms with Crippen LogP contribution in [0.3, 0.4) is 0 Å². The average molecular weight is 345 g/mol. The molecule has 0 spiro atoms. The number of alkyl halides is 3. The zero-order valence-corrected chi connectivity index (χ0v) is 13.9. The number of hydrogen-bond donors (Lipinski definition) is 0. The number of rotatable bonds is 3. The summed E-state index contributed by atoms with van der Waals surface area (Å²) in [5, 5.41) is 0. The van der Waals surface area contributed by atoms with Gasteiger partial charge in [-0.3, -0.25) is 0 Å². The normalized spacial score (nSPS) is 12.8. The van der Waals surface area contributed by atoms with Crippen molar-refractivity contribution >= 4 is 10.9 Å². The molecule has 3 aromatic rings. The molecule has 0 aliphatic rings. The largest absolute Gasteiger partial charge is 0.416 e. The molecule has 1 unspecified atom stereocenters. The first-order valence-corrected chi connectivity index (χ1v) is 8.71. The summed E-state index contributed by atoms with van der Waals surface area (Å²) in [6, 6.07) is 23.3. The highest BCUT2D eigenvalue weighted by molar-refractivity contribution is 7.97. The molecule has 0 amide bonds. The summed E-state index contributed by atoms with van der Waals surface area (Å²) in [7, 11) is -0.570. The summed E-state index contributed by atoms with van der Waals surface area (Å²) in [6.45, 7) is 1.99. The van der Waals surface area contributed by atoms with Gasteiger partial charge in [0.15, 0.2) is 14.7 Å². The molecule has 0 nitrogen and oxygen atoms in total. The van der Waals surface area contributed by atoms with Crippen molar-refractivity contribution in [2.24, 2.45) is 0 Å². The summed E-state index contributed by atoms with van der Waals surface area (Å²) in [4.78, 5) is 2.68. The fourth-order valence-corrected chi connectivity index (χ4v) is 4.73. The lowest BCUT2D eigenvalue weighted by molar-refractivity contribution is -0.137. The van der Waals surface area contributed by atoms with Gasteiger partial charge in [0.25, 0.3) is 0 Å². The minimum Gasteiger partial charge on any atom is -0.166 e. The van der Waals surface area contributed by atoms with Gasteiger partial charge in [0.2, 0.25) is 0 Å². The van der Waals surface area contributed by atoms with Crippen LogP contribution in [0.5, 0.6) is 0 Å². The third kappa shape index (κ3) is 3.65. The summed E-state index contributed by atoms with van der Waals surface area (Å²) in [6.07, 6.45) is -4.34. The number of halogens is 3. The standard InChI is InChI=1S/C20H16F3S/c1-15-7-5-11-18(13-15)24(17-9-3-2-4-10-17)19-12-6-8-16(14-19)20(21,22)23/h2-14H,1H3/q+1. The molecule has 3 aromatic carbocycles. The molecule has 0 aliphatic carbocycles. The topological polar surface area (TPSA) is 0 Å². The quantitative estimate of drug-likeness (QED) is 0.502. The van der Waals surface area contributed by atoms with Crippen LogP contribution in [-0.2, 0) is 17.1 Å². The van der Waals surface area contributed by atoms with E-state index in [4.69, 9.17) is 0 Å². The molecule has 0 saturated carbocycles. The highest BCUT2D eigenvalue weighted by atomic mass is 32.2. The summed E-state index contributed by atoms with van der Waals surface area (Å²) < 4.78 is 39.3. The van der Waals surface area contributed by atoms with Crippen LogP contribution in [0.15, 0.2) is 93.5 Å². The first-order chi connectivity index (χ1) is 11.4. The zero-order valence-electron chi connectivity index (χ0n) is 13.0. The van der Waals surface area contributed by atoms with Crippen LogP contribution in [0.2, 0.25) is 0 Å². The Labute approximate surface area is 142 Å². The van der Waals surface area contributed by atoms with Gasteiger partial charge in [-0.25, -0.2) is 0 Å². The van der Waals surface area contributed by atoms with Gasteiger partial charge in [0.1, 0.15) is 0 Å². The van der Waals surface area contributed by atoms with E-state index in [0.29, 0.717) is 4.90 Å². The predicted octanol–water partition coefficient (Wildman–Crippen LogP) is 6.11. The molecule has 0 fully saturated rings. The Balaban J connectivity index is 2.16. The Bertz CT molecular complexity index is 826. The van der Waals surface area contributed by atoms with Gasteiger partial charge in [-0.2, -0.15) is 13.2 Å². The molecule has 0 N–H and O–H groups in total. The van der Waals surface area contributed by atoms with Crippen molar-refractivity contribution < 1.29 is 13.2 Å². The van der Waals surface area contributed by atoms with Crippen molar-refractivity contribution in [2.45, 2.75) is 27.8 Å². The molecule has 0 saturated heterocycles. The fourth-order valence-electron chi connectivity index (χ4n) is 2.51. The highest BCUT2D eigenvalue weighted by Crippen LogP contribution is 2.35. The molecular weight excluding hydrogens is 329 g/mol. The Hall–Kier alpha value is -2.20. The summed E-state index contributed by atoms with van der Waals surface area (Å²) in [5.74, 6) is 0. The van der Waals surface area contributed by atoms with Crippen LogP contribution < -0.4 is 0 Å². The second-order valence-corrected chi connectivity index (χ2v) is 7.49. The molecular formula is C20H16F3S+. The second kappa shape index (κ2) is 6.73. The van der Waals surface area contributed by atoms with Gasteiger partial charge in [-0.1, -0.05) is 36.4 Å².